The second kappa shape index (κ2) is 8.18. The Kier molecular flexibility index (Phi) is 5.51. The van der Waals surface area contributed by atoms with Crippen LogP contribution in [-0.2, 0) is 4.74 Å². The highest BCUT2D eigenvalue weighted by molar-refractivity contribution is 5.80. The van der Waals surface area contributed by atoms with E-state index in [9.17, 15) is 5.11 Å². The monoisotopic (exact) mass is 356 g/mol. The van der Waals surface area contributed by atoms with Crippen molar-refractivity contribution >= 4 is 22.7 Å². The van der Waals surface area contributed by atoms with Crippen LogP contribution in [0.4, 0.5) is 11.6 Å². The Morgan fingerprint density at radius 2 is 1.92 bits per heavy atom. The van der Waals surface area contributed by atoms with Crippen molar-refractivity contribution in [1.82, 2.24) is 9.97 Å². The van der Waals surface area contributed by atoms with Crippen molar-refractivity contribution in [1.29, 1.82) is 0 Å². The van der Waals surface area contributed by atoms with Gasteiger partial charge in [-0.05, 0) is 43.7 Å². The molecule has 0 saturated carbocycles. The molecule has 2 atom stereocenters. The molecular formula is C20H28N4O2. The Hall–Kier alpha value is -1.92. The summed E-state index contributed by atoms with van der Waals surface area (Å²) in [7, 11) is 0. The summed E-state index contributed by atoms with van der Waals surface area (Å²) in [6.45, 7) is 4.47. The fraction of sp³-hybridized carbons (Fsp3) is 0.600. The Morgan fingerprint density at radius 1 is 1.15 bits per heavy atom. The van der Waals surface area contributed by atoms with Gasteiger partial charge in [0.15, 0.2) is 11.6 Å². The molecule has 0 radical (unpaired) electrons. The van der Waals surface area contributed by atoms with Crippen LogP contribution < -0.4 is 10.2 Å². The van der Waals surface area contributed by atoms with Gasteiger partial charge in [0.05, 0.1) is 11.0 Å². The zero-order valence-corrected chi connectivity index (χ0v) is 15.2. The number of ether oxygens (including phenoxy) is 1. The van der Waals surface area contributed by atoms with Gasteiger partial charge < -0.3 is 20.1 Å². The molecule has 4 rings (SSSR count). The second-order valence-electron chi connectivity index (χ2n) is 7.38. The first-order valence-corrected chi connectivity index (χ1v) is 9.79. The van der Waals surface area contributed by atoms with Crippen LogP contribution >= 0.6 is 0 Å². The van der Waals surface area contributed by atoms with Crippen molar-refractivity contribution < 1.29 is 9.84 Å². The summed E-state index contributed by atoms with van der Waals surface area (Å²) < 4.78 is 5.49. The van der Waals surface area contributed by atoms with Gasteiger partial charge in [0.25, 0.3) is 0 Å². The number of fused-ring (bicyclic) bond motifs is 1. The Bertz CT molecular complexity index is 727. The van der Waals surface area contributed by atoms with E-state index >= 15 is 0 Å². The molecule has 140 valence electrons. The van der Waals surface area contributed by atoms with Crippen LogP contribution in [-0.4, -0.2) is 54.5 Å². The average Bonchev–Trinajstić information content (AvgIpc) is 3.23. The third-order valence-corrected chi connectivity index (χ3v) is 5.61. The molecule has 2 aromatic rings. The van der Waals surface area contributed by atoms with Gasteiger partial charge in [0, 0.05) is 45.4 Å². The highest BCUT2D eigenvalue weighted by atomic mass is 16.5. The van der Waals surface area contributed by atoms with E-state index in [1.807, 2.05) is 24.3 Å². The number of piperidine rings is 1. The summed E-state index contributed by atoms with van der Waals surface area (Å²) in [5.74, 6) is 2.38. The van der Waals surface area contributed by atoms with Crippen LogP contribution in [0.3, 0.4) is 0 Å². The van der Waals surface area contributed by atoms with Gasteiger partial charge in [0.1, 0.15) is 0 Å². The lowest BCUT2D eigenvalue weighted by atomic mass is 9.92. The highest BCUT2D eigenvalue weighted by Crippen LogP contribution is 2.29. The summed E-state index contributed by atoms with van der Waals surface area (Å²) >= 11 is 0. The van der Waals surface area contributed by atoms with E-state index in [1.54, 1.807) is 0 Å². The van der Waals surface area contributed by atoms with Crippen LogP contribution in [0.2, 0.25) is 0 Å². The first-order chi connectivity index (χ1) is 12.8. The molecule has 2 aliphatic rings. The van der Waals surface area contributed by atoms with Crippen LogP contribution in [0, 0.1) is 11.8 Å². The molecule has 1 aromatic carbocycles. The highest BCUT2D eigenvalue weighted by Gasteiger charge is 2.26. The maximum atomic E-state index is 9.81. The van der Waals surface area contributed by atoms with Crippen molar-refractivity contribution in [3.05, 3.63) is 24.3 Å². The smallest absolute Gasteiger partial charge is 0.172 e. The number of anilines is 2. The van der Waals surface area contributed by atoms with E-state index in [4.69, 9.17) is 14.7 Å². The predicted octanol–water partition coefficient (Wildman–Crippen LogP) is 2.68. The Morgan fingerprint density at radius 3 is 2.62 bits per heavy atom. The third kappa shape index (κ3) is 3.76. The summed E-state index contributed by atoms with van der Waals surface area (Å²) in [5.41, 5.74) is 1.84. The molecular weight excluding hydrogens is 328 g/mol. The zero-order chi connectivity index (χ0) is 17.8. The largest absolute Gasteiger partial charge is 0.396 e. The Balaban J connectivity index is 1.58. The molecule has 0 aliphatic carbocycles. The van der Waals surface area contributed by atoms with Gasteiger partial charge >= 0.3 is 0 Å². The number of aliphatic hydroxyl groups is 1. The molecule has 0 amide bonds. The van der Waals surface area contributed by atoms with Gasteiger partial charge in [-0.3, -0.25) is 0 Å². The summed E-state index contributed by atoms with van der Waals surface area (Å²) in [6.07, 6.45) is 4.71. The maximum Gasteiger partial charge on any atom is 0.172 e. The molecule has 6 heteroatoms. The minimum atomic E-state index is 0.168. The SMILES string of the molecule is OCC(CNc1nc2ccccc2nc1N1CCCCC1)C1CCOC1. The van der Waals surface area contributed by atoms with E-state index in [2.05, 4.69) is 10.2 Å². The predicted molar refractivity (Wildman–Crippen MR) is 104 cm³/mol. The number of hydrogen-bond donors (Lipinski definition) is 2. The molecule has 26 heavy (non-hydrogen) atoms. The lowest BCUT2D eigenvalue weighted by molar-refractivity contribution is 0.145. The average molecular weight is 356 g/mol. The first-order valence-electron chi connectivity index (χ1n) is 9.79. The molecule has 2 aliphatic heterocycles. The van der Waals surface area contributed by atoms with Crippen molar-refractivity contribution in [2.24, 2.45) is 11.8 Å². The number of nitrogens with zero attached hydrogens (tertiary/aromatic N) is 3. The van der Waals surface area contributed by atoms with Gasteiger partial charge in [-0.1, -0.05) is 12.1 Å². The zero-order valence-electron chi connectivity index (χ0n) is 15.2. The molecule has 2 unspecified atom stereocenters. The number of aromatic nitrogens is 2. The van der Waals surface area contributed by atoms with Crippen molar-refractivity contribution in [3.8, 4) is 0 Å². The molecule has 6 nitrogen and oxygen atoms in total. The number of aliphatic hydroxyl groups excluding tert-OH is 1. The number of rotatable bonds is 6. The van der Waals surface area contributed by atoms with Crippen molar-refractivity contribution in [2.45, 2.75) is 25.7 Å². The van der Waals surface area contributed by atoms with E-state index in [0.29, 0.717) is 12.5 Å². The summed E-state index contributed by atoms with van der Waals surface area (Å²) in [4.78, 5) is 12.1. The topological polar surface area (TPSA) is 70.5 Å². The molecule has 2 fully saturated rings. The van der Waals surface area contributed by atoms with Crippen LogP contribution in [0.5, 0.6) is 0 Å². The van der Waals surface area contributed by atoms with E-state index in [0.717, 1.165) is 55.4 Å². The van der Waals surface area contributed by atoms with E-state index in [1.165, 1.54) is 19.3 Å². The molecule has 2 saturated heterocycles. The van der Waals surface area contributed by atoms with E-state index in [-0.39, 0.29) is 12.5 Å². The molecule has 3 heterocycles. The number of para-hydroxylation sites is 2. The van der Waals surface area contributed by atoms with Gasteiger partial charge in [0.2, 0.25) is 0 Å². The number of benzene rings is 1. The van der Waals surface area contributed by atoms with Crippen LogP contribution in [0.15, 0.2) is 24.3 Å². The standard InChI is InChI=1S/C20H28N4O2/c25-13-16(15-8-11-26-14-15)12-21-19-20(24-9-4-1-5-10-24)23-18-7-3-2-6-17(18)22-19/h2-3,6-7,15-16,25H,1,4-5,8-14H2,(H,21,22). The molecule has 2 N–H and O–H groups in total. The summed E-state index contributed by atoms with van der Waals surface area (Å²) in [5, 5.41) is 13.3. The minimum absolute atomic E-state index is 0.168. The van der Waals surface area contributed by atoms with Crippen molar-refractivity contribution in [3.63, 3.8) is 0 Å². The quantitative estimate of drug-likeness (QED) is 0.829. The van der Waals surface area contributed by atoms with Gasteiger partial charge in [-0.15, -0.1) is 0 Å². The van der Waals surface area contributed by atoms with Gasteiger partial charge in [-0.2, -0.15) is 0 Å². The summed E-state index contributed by atoms with van der Waals surface area (Å²) in [6, 6.07) is 8.02. The fourth-order valence-electron chi connectivity index (χ4n) is 3.97. The molecule has 0 spiro atoms. The lowest BCUT2D eigenvalue weighted by Gasteiger charge is -2.30. The molecule has 0 bridgehead atoms. The number of hydrogen-bond acceptors (Lipinski definition) is 6. The normalized spacial score (nSPS) is 21.9. The third-order valence-electron chi connectivity index (χ3n) is 5.61. The maximum absolute atomic E-state index is 9.81. The lowest BCUT2D eigenvalue weighted by Crippen LogP contribution is -2.32. The second-order valence-corrected chi connectivity index (χ2v) is 7.38. The van der Waals surface area contributed by atoms with E-state index < -0.39 is 0 Å². The first kappa shape index (κ1) is 17.5. The molecule has 1 aromatic heterocycles. The fourth-order valence-corrected chi connectivity index (χ4v) is 3.97. The van der Waals surface area contributed by atoms with Crippen LogP contribution in [0.25, 0.3) is 11.0 Å². The Labute approximate surface area is 154 Å². The van der Waals surface area contributed by atoms with Crippen molar-refractivity contribution in [2.75, 3.05) is 49.7 Å². The van der Waals surface area contributed by atoms with Crippen LogP contribution in [0.1, 0.15) is 25.7 Å². The number of nitrogens with one attached hydrogen (secondary N) is 1. The minimum Gasteiger partial charge on any atom is -0.396 e. The van der Waals surface area contributed by atoms with Gasteiger partial charge in [-0.25, -0.2) is 9.97 Å².